The van der Waals surface area contributed by atoms with Gasteiger partial charge in [0, 0.05) is 24.5 Å². The van der Waals surface area contributed by atoms with Crippen molar-refractivity contribution in [1.29, 1.82) is 0 Å². The van der Waals surface area contributed by atoms with Crippen molar-refractivity contribution in [3.05, 3.63) is 0 Å². The van der Waals surface area contributed by atoms with E-state index in [1.807, 2.05) is 32.8 Å². The second-order valence-electron chi connectivity index (χ2n) is 14.3. The van der Waals surface area contributed by atoms with Crippen LogP contribution < -0.4 is 10.6 Å². The summed E-state index contributed by atoms with van der Waals surface area (Å²) in [7, 11) is 3.73. The van der Waals surface area contributed by atoms with Gasteiger partial charge in [0.2, 0.25) is 0 Å². The summed E-state index contributed by atoms with van der Waals surface area (Å²) in [6.07, 6.45) is 0.479. The highest BCUT2D eigenvalue weighted by Gasteiger charge is 2.54. The van der Waals surface area contributed by atoms with E-state index in [9.17, 15) is 30.3 Å². The average molecular weight is 644 g/mol. The molecule has 12 nitrogen and oxygen atoms in total. The number of esters is 1. The smallest absolute Gasteiger partial charge is 0.312 e. The van der Waals surface area contributed by atoms with Crippen molar-refractivity contribution in [3.8, 4) is 12.3 Å². The van der Waals surface area contributed by atoms with E-state index in [0.29, 0.717) is 13.0 Å². The summed E-state index contributed by atoms with van der Waals surface area (Å²) in [5.74, 6) is -0.644. The van der Waals surface area contributed by atoms with Gasteiger partial charge in [0.05, 0.1) is 35.9 Å². The molecule has 2 aliphatic rings. The molecule has 0 saturated carbocycles. The first-order valence-corrected chi connectivity index (χ1v) is 16.3. The molecule has 1 unspecified atom stereocenters. The summed E-state index contributed by atoms with van der Waals surface area (Å²) in [5.41, 5.74) is -5.30. The van der Waals surface area contributed by atoms with E-state index in [2.05, 4.69) is 16.6 Å². The van der Waals surface area contributed by atoms with Crippen molar-refractivity contribution >= 4 is 5.97 Å². The van der Waals surface area contributed by atoms with E-state index >= 15 is 0 Å². The van der Waals surface area contributed by atoms with Gasteiger partial charge in [-0.05, 0) is 80.4 Å². The van der Waals surface area contributed by atoms with Crippen molar-refractivity contribution < 1.29 is 44.5 Å². The minimum atomic E-state index is -1.90. The minimum Gasteiger partial charge on any atom is -0.459 e. The predicted octanol–water partition coefficient (Wildman–Crippen LogP) is 0.226. The number of carbonyl (C=O) groups is 1. The molecule has 262 valence electrons. The second-order valence-corrected chi connectivity index (χ2v) is 14.3. The molecule has 0 bridgehead atoms. The van der Waals surface area contributed by atoms with Crippen LogP contribution in [0.15, 0.2) is 0 Å². The molecule has 2 saturated heterocycles. The number of likely N-dealkylation sites (N-methyl/N-ethyl adjacent to an activating group) is 1. The number of rotatable bonds is 7. The maximum Gasteiger partial charge on any atom is 0.312 e. The highest BCUT2D eigenvalue weighted by atomic mass is 16.7. The van der Waals surface area contributed by atoms with E-state index in [4.69, 9.17) is 20.6 Å². The third kappa shape index (κ3) is 9.38. The Morgan fingerprint density at radius 2 is 1.76 bits per heavy atom. The van der Waals surface area contributed by atoms with Crippen LogP contribution in [0.2, 0.25) is 0 Å². The number of nitrogens with one attached hydrogen (secondary N) is 2. The monoisotopic (exact) mass is 643 g/mol. The van der Waals surface area contributed by atoms with Gasteiger partial charge in [-0.25, -0.2) is 0 Å². The molecule has 0 spiro atoms. The third-order valence-electron chi connectivity index (χ3n) is 10.1. The maximum atomic E-state index is 13.8. The van der Waals surface area contributed by atoms with E-state index in [1.165, 1.54) is 13.8 Å². The van der Waals surface area contributed by atoms with Crippen molar-refractivity contribution in [3.63, 3.8) is 0 Å². The molecule has 45 heavy (non-hydrogen) atoms. The first kappa shape index (κ1) is 39.8. The molecule has 7 N–H and O–H groups in total. The number of ether oxygens (including phenoxy) is 3. The fourth-order valence-electron chi connectivity index (χ4n) is 7.06. The summed E-state index contributed by atoms with van der Waals surface area (Å²) >= 11 is 0. The van der Waals surface area contributed by atoms with Crippen LogP contribution in [-0.2, 0) is 19.0 Å². The third-order valence-corrected chi connectivity index (χ3v) is 10.1. The van der Waals surface area contributed by atoms with Crippen LogP contribution >= 0.6 is 0 Å². The van der Waals surface area contributed by atoms with Crippen molar-refractivity contribution in [2.75, 3.05) is 33.7 Å². The normalized spacial score (nSPS) is 46.1. The van der Waals surface area contributed by atoms with Gasteiger partial charge in [-0.2, -0.15) is 0 Å². The number of hydrogen-bond donors (Lipinski definition) is 7. The first-order valence-electron chi connectivity index (χ1n) is 16.3. The standard InChI is InChI=1S/C33H61N3O9/c1-12-14-34-18-33(42)21(5)28(45-30-26(37)24(36(10)11)15-20(4)43-30)31(8,40)16-19(3)17-35-23(7)27(38)32(9,41)25(13-2)44-29(39)22(33)6/h1,19-28,30,34-35,37-38,40-42H,13-18H2,2-11H3/t19-,20-,21-,22?,23-,24+,25-,26-,27-,28-,30+,31+,32-,33-/m1/s1. The van der Waals surface area contributed by atoms with E-state index in [-0.39, 0.29) is 44.0 Å². The van der Waals surface area contributed by atoms with Gasteiger partial charge in [-0.15, -0.1) is 6.42 Å². The van der Waals surface area contributed by atoms with Gasteiger partial charge in [-0.1, -0.05) is 26.7 Å². The Morgan fingerprint density at radius 1 is 1.13 bits per heavy atom. The zero-order chi connectivity index (χ0) is 34.5. The SMILES string of the molecule is C#CCNC[C@]1(O)C(C)C(=O)O[C@H](CC)[C@@](C)(O)[C@H](O)[C@@H](C)NC[C@H](C)C[C@](C)(O)[C@H](O[C@@H]2O[C@H](C)C[C@H](N(C)C)[C@H]2O)[C@H]1C. The minimum absolute atomic E-state index is 0.101. The fourth-order valence-corrected chi connectivity index (χ4v) is 7.06. The average Bonchev–Trinajstić information content (AvgIpc) is 2.96. The van der Waals surface area contributed by atoms with Gasteiger partial charge < -0.3 is 55.3 Å². The molecule has 0 aliphatic carbocycles. The van der Waals surface area contributed by atoms with Gasteiger partial charge in [-0.3, -0.25) is 4.79 Å². The molecule has 0 aromatic rings. The highest BCUT2D eigenvalue weighted by molar-refractivity contribution is 5.74. The molecular weight excluding hydrogens is 582 g/mol. The molecular formula is C33H61N3O9. The molecule has 0 amide bonds. The quantitative estimate of drug-likeness (QED) is 0.115. The zero-order valence-electron chi connectivity index (χ0n) is 29.0. The van der Waals surface area contributed by atoms with Crippen LogP contribution in [0.25, 0.3) is 0 Å². The molecule has 2 aliphatic heterocycles. The summed E-state index contributed by atoms with van der Waals surface area (Å²) in [6, 6.07) is -0.866. The summed E-state index contributed by atoms with van der Waals surface area (Å²) in [5, 5.41) is 64.7. The largest absolute Gasteiger partial charge is 0.459 e. The number of terminal acetylenes is 1. The Morgan fingerprint density at radius 3 is 2.31 bits per heavy atom. The Hall–Kier alpha value is -1.37. The van der Waals surface area contributed by atoms with E-state index < -0.39 is 71.4 Å². The Bertz CT molecular complexity index is 989. The lowest BCUT2D eigenvalue weighted by molar-refractivity contribution is -0.304. The van der Waals surface area contributed by atoms with Gasteiger partial charge in [0.25, 0.3) is 0 Å². The van der Waals surface area contributed by atoms with Crippen molar-refractivity contribution in [1.82, 2.24) is 15.5 Å². The molecule has 14 atom stereocenters. The molecule has 2 heterocycles. The van der Waals surface area contributed by atoms with Gasteiger partial charge >= 0.3 is 5.97 Å². The Balaban J connectivity index is 2.68. The lowest BCUT2D eigenvalue weighted by Gasteiger charge is -2.49. The van der Waals surface area contributed by atoms with Crippen molar-refractivity contribution in [2.24, 2.45) is 17.8 Å². The first-order chi connectivity index (χ1) is 20.7. The van der Waals surface area contributed by atoms with E-state index in [0.717, 1.165) is 0 Å². The second kappa shape index (κ2) is 16.2. The molecule has 0 radical (unpaired) electrons. The number of aliphatic hydroxyl groups is 5. The number of carbonyl (C=O) groups excluding carboxylic acids is 1. The Labute approximate surface area is 270 Å². The van der Waals surface area contributed by atoms with Crippen molar-refractivity contribution in [2.45, 2.75) is 140 Å². The summed E-state index contributed by atoms with van der Waals surface area (Å²) in [4.78, 5) is 15.7. The van der Waals surface area contributed by atoms with Crippen LogP contribution in [-0.4, -0.2) is 136 Å². The van der Waals surface area contributed by atoms with E-state index in [1.54, 1.807) is 27.7 Å². The lowest BCUT2D eigenvalue weighted by Crippen LogP contribution is -2.64. The lowest BCUT2D eigenvalue weighted by atomic mass is 9.70. The summed E-state index contributed by atoms with van der Waals surface area (Å²) in [6.45, 7) is 13.8. The predicted molar refractivity (Wildman–Crippen MR) is 171 cm³/mol. The summed E-state index contributed by atoms with van der Waals surface area (Å²) < 4.78 is 18.4. The number of hydrogen-bond acceptors (Lipinski definition) is 12. The van der Waals surface area contributed by atoms with Gasteiger partial charge in [0.1, 0.15) is 23.9 Å². The number of nitrogens with zero attached hydrogens (tertiary/aromatic N) is 1. The van der Waals surface area contributed by atoms with Crippen LogP contribution in [0, 0.1) is 30.1 Å². The van der Waals surface area contributed by atoms with Crippen LogP contribution in [0.1, 0.15) is 74.7 Å². The van der Waals surface area contributed by atoms with Crippen LogP contribution in [0.3, 0.4) is 0 Å². The number of aliphatic hydroxyl groups excluding tert-OH is 2. The maximum absolute atomic E-state index is 13.8. The fraction of sp³-hybridized carbons (Fsp3) is 0.909. The zero-order valence-corrected chi connectivity index (χ0v) is 29.0. The Kier molecular flexibility index (Phi) is 14.3. The number of cyclic esters (lactones) is 1. The van der Waals surface area contributed by atoms with Crippen LogP contribution in [0.5, 0.6) is 0 Å². The highest BCUT2D eigenvalue weighted by Crippen LogP contribution is 2.40. The van der Waals surface area contributed by atoms with Crippen LogP contribution in [0.4, 0.5) is 0 Å². The molecule has 0 aromatic heterocycles. The molecule has 12 heteroatoms. The molecule has 0 aromatic carbocycles. The van der Waals surface area contributed by atoms with Gasteiger partial charge in [0.15, 0.2) is 6.29 Å². The molecule has 2 rings (SSSR count). The molecule has 2 fully saturated rings. The topological polar surface area (TPSA) is 173 Å².